The Labute approximate surface area is 278 Å². The molecule has 0 spiro atoms. The number of amides is 3. The molecule has 3 aliphatic rings. The van der Waals surface area contributed by atoms with Crippen LogP contribution in [0.4, 0.5) is 10.6 Å². The van der Waals surface area contributed by atoms with Gasteiger partial charge in [0, 0.05) is 36.6 Å². The summed E-state index contributed by atoms with van der Waals surface area (Å²) in [5.74, 6) is -0.509. The van der Waals surface area contributed by atoms with Crippen LogP contribution in [-0.2, 0) is 36.8 Å². The molecule has 270 valence electrons. The third-order valence-corrected chi connectivity index (χ3v) is 11.8. The summed E-state index contributed by atoms with van der Waals surface area (Å²) in [7, 11) is -10.8. The van der Waals surface area contributed by atoms with Crippen molar-refractivity contribution in [2.24, 2.45) is 0 Å². The molecule has 4 rings (SSSR count). The molecule has 1 aromatic rings. The van der Waals surface area contributed by atoms with E-state index in [0.29, 0.717) is 37.5 Å². The number of urea groups is 1. The fourth-order valence-electron chi connectivity index (χ4n) is 5.39. The van der Waals surface area contributed by atoms with Gasteiger partial charge in [0.25, 0.3) is 0 Å². The standard InChI is InChI=1S/C25H40N6O14P2S/c26-17-9-11-31(25(37)29-17)23-22(35)21(34)15(43-23)12-42-46(38,39)45-47(40,41)44-19(33)8-2-1-5-10-27-18(32)7-4-3-6-16-20-14(13-48-16)28-24(36)30-20/h9,11,14-16,20-23,34-35H,1-8,10,12-13H2,(H,27,32)(H,38,39)(H,40,41)(H2,26,29,37)(H2,28,30,36). The van der Waals surface area contributed by atoms with Crippen molar-refractivity contribution in [2.75, 3.05) is 24.6 Å². The number of thioether (sulfide) groups is 1. The Morgan fingerprint density at radius 3 is 2.58 bits per heavy atom. The molecule has 0 aliphatic carbocycles. The zero-order valence-corrected chi connectivity index (χ0v) is 28.2. The number of hydrogen-bond acceptors (Lipinski definition) is 15. The van der Waals surface area contributed by atoms with E-state index >= 15 is 0 Å². The lowest BCUT2D eigenvalue weighted by Gasteiger charge is -2.19. The predicted octanol–water partition coefficient (Wildman–Crippen LogP) is -0.376. The fourth-order valence-corrected chi connectivity index (χ4v) is 8.98. The summed E-state index contributed by atoms with van der Waals surface area (Å²) >= 11 is 1.82. The number of nitrogen functional groups attached to an aromatic ring is 1. The van der Waals surface area contributed by atoms with Crippen LogP contribution in [0.5, 0.6) is 0 Å². The molecule has 3 amide bonds. The highest BCUT2D eigenvalue weighted by atomic mass is 32.2. The minimum atomic E-state index is -5.42. The van der Waals surface area contributed by atoms with E-state index in [1.807, 2.05) is 11.8 Å². The summed E-state index contributed by atoms with van der Waals surface area (Å²) in [4.78, 5) is 70.7. The second-order valence-corrected chi connectivity index (χ2v) is 15.6. The Bertz CT molecular complexity index is 1470. The molecule has 3 fully saturated rings. The Balaban J connectivity index is 1.05. The van der Waals surface area contributed by atoms with Gasteiger partial charge in [0.05, 0.1) is 18.7 Å². The number of nitrogens with one attached hydrogen (secondary N) is 3. The van der Waals surface area contributed by atoms with E-state index in [2.05, 4.69) is 34.3 Å². The molecule has 0 saturated carbocycles. The van der Waals surface area contributed by atoms with Gasteiger partial charge in [0.2, 0.25) is 5.91 Å². The Morgan fingerprint density at radius 2 is 1.83 bits per heavy atom. The average Bonchev–Trinajstić information content (AvgIpc) is 3.63. The number of phosphoric acid groups is 2. The number of aliphatic hydroxyl groups excluding tert-OH is 2. The first-order chi connectivity index (χ1) is 22.6. The quantitative estimate of drug-likeness (QED) is 0.0540. The number of hydrogen-bond donors (Lipinski definition) is 8. The number of nitrogens with two attached hydrogens (primary N) is 1. The van der Waals surface area contributed by atoms with Gasteiger partial charge >= 0.3 is 33.3 Å². The minimum Gasteiger partial charge on any atom is -0.387 e. The number of rotatable bonds is 18. The van der Waals surface area contributed by atoms with Crippen molar-refractivity contribution in [3.8, 4) is 0 Å². The van der Waals surface area contributed by atoms with Gasteiger partial charge in [0.15, 0.2) is 6.23 Å². The maximum Gasteiger partial charge on any atom is 0.538 e. The summed E-state index contributed by atoms with van der Waals surface area (Å²) < 4.78 is 43.6. The zero-order chi connectivity index (χ0) is 35.1. The second-order valence-electron chi connectivity index (χ2n) is 11.4. The minimum absolute atomic E-state index is 0.101. The van der Waals surface area contributed by atoms with Gasteiger partial charge in [-0.2, -0.15) is 21.1 Å². The van der Waals surface area contributed by atoms with Crippen LogP contribution in [0.2, 0.25) is 0 Å². The third-order valence-electron chi connectivity index (χ3n) is 7.75. The molecule has 3 aliphatic heterocycles. The van der Waals surface area contributed by atoms with E-state index in [0.717, 1.165) is 29.4 Å². The zero-order valence-electron chi connectivity index (χ0n) is 25.6. The van der Waals surface area contributed by atoms with E-state index in [9.17, 15) is 48.3 Å². The highest BCUT2D eigenvalue weighted by Crippen LogP contribution is 2.60. The van der Waals surface area contributed by atoms with Crippen LogP contribution in [0.25, 0.3) is 0 Å². The number of aromatic nitrogens is 2. The number of fused-ring (bicyclic) bond motifs is 1. The summed E-state index contributed by atoms with van der Waals surface area (Å²) in [6.45, 7) is -0.575. The largest absolute Gasteiger partial charge is 0.538 e. The van der Waals surface area contributed by atoms with Crippen molar-refractivity contribution in [2.45, 2.75) is 93.2 Å². The maximum absolute atomic E-state index is 12.2. The fraction of sp³-hybridized carbons (Fsp3) is 0.720. The second kappa shape index (κ2) is 16.9. The monoisotopic (exact) mass is 742 g/mol. The first-order valence-corrected chi connectivity index (χ1v) is 19.2. The van der Waals surface area contributed by atoms with Gasteiger partial charge in [-0.05, 0) is 31.7 Å². The van der Waals surface area contributed by atoms with E-state index in [1.54, 1.807) is 0 Å². The summed E-state index contributed by atoms with van der Waals surface area (Å²) in [6, 6.07) is 1.41. The van der Waals surface area contributed by atoms with Crippen molar-refractivity contribution in [3.05, 3.63) is 22.7 Å². The number of phosphoric ester groups is 2. The van der Waals surface area contributed by atoms with Crippen LogP contribution in [-0.4, -0.2) is 102 Å². The highest BCUT2D eigenvalue weighted by Gasteiger charge is 2.46. The summed E-state index contributed by atoms with van der Waals surface area (Å²) in [5.41, 5.74) is 4.51. The smallest absolute Gasteiger partial charge is 0.387 e. The number of ether oxygens (including phenoxy) is 1. The van der Waals surface area contributed by atoms with Gasteiger partial charge in [-0.25, -0.2) is 18.7 Å². The average molecular weight is 743 g/mol. The third kappa shape index (κ3) is 11.0. The van der Waals surface area contributed by atoms with Crippen molar-refractivity contribution in [1.82, 2.24) is 25.5 Å². The number of anilines is 1. The van der Waals surface area contributed by atoms with Gasteiger partial charge in [-0.15, -0.1) is 0 Å². The van der Waals surface area contributed by atoms with Gasteiger partial charge in [0.1, 0.15) is 24.1 Å². The molecule has 23 heteroatoms. The molecule has 20 nitrogen and oxygen atoms in total. The normalized spacial score (nSPS) is 28.9. The Hall–Kier alpha value is -2.58. The molecule has 9 unspecified atom stereocenters. The first kappa shape index (κ1) is 38.2. The molecule has 3 saturated heterocycles. The molecule has 1 aromatic heterocycles. The van der Waals surface area contributed by atoms with Crippen LogP contribution in [0.3, 0.4) is 0 Å². The van der Waals surface area contributed by atoms with Crippen LogP contribution in [0, 0.1) is 0 Å². The van der Waals surface area contributed by atoms with Gasteiger partial charge < -0.3 is 46.1 Å². The van der Waals surface area contributed by atoms with Crippen molar-refractivity contribution >= 4 is 51.1 Å². The molecule has 0 aromatic carbocycles. The number of carbonyl (C=O) groups is 3. The van der Waals surface area contributed by atoms with E-state index in [-0.39, 0.29) is 42.7 Å². The van der Waals surface area contributed by atoms with E-state index < -0.39 is 58.5 Å². The molecular formula is C25H40N6O14P2S. The van der Waals surface area contributed by atoms with Crippen molar-refractivity contribution in [1.29, 1.82) is 0 Å². The SMILES string of the molecule is Nc1ccn(C2OC(COP(=O)(O)OP(=O)(O)OC(=O)CCCCCNC(=O)CCCCC3SCC4NC(=O)NC43)C(O)C2O)c(=O)n1. The van der Waals surface area contributed by atoms with Crippen LogP contribution in [0.1, 0.15) is 57.6 Å². The van der Waals surface area contributed by atoms with Gasteiger partial charge in [-0.1, -0.05) is 12.8 Å². The van der Waals surface area contributed by atoms with Crippen LogP contribution >= 0.6 is 27.4 Å². The Morgan fingerprint density at radius 1 is 1.08 bits per heavy atom. The highest BCUT2D eigenvalue weighted by molar-refractivity contribution is 8.00. The molecule has 0 bridgehead atoms. The number of carbonyl (C=O) groups excluding carboxylic acids is 3. The molecule has 0 radical (unpaired) electrons. The van der Waals surface area contributed by atoms with Gasteiger partial charge in [-0.3, -0.25) is 23.6 Å². The topological polar surface area (TPSA) is 300 Å². The number of aliphatic hydroxyl groups is 2. The predicted molar refractivity (Wildman–Crippen MR) is 167 cm³/mol. The molecule has 48 heavy (non-hydrogen) atoms. The van der Waals surface area contributed by atoms with Crippen LogP contribution in [0.15, 0.2) is 17.1 Å². The lowest BCUT2D eigenvalue weighted by Crippen LogP contribution is -2.36. The summed E-state index contributed by atoms with van der Waals surface area (Å²) in [5, 5.41) is 29.4. The number of nitrogens with zero attached hydrogens (tertiary/aromatic N) is 2. The maximum atomic E-state index is 12.2. The molecule has 9 N–H and O–H groups in total. The molecular weight excluding hydrogens is 702 g/mol. The van der Waals surface area contributed by atoms with Crippen molar-refractivity contribution in [3.63, 3.8) is 0 Å². The van der Waals surface area contributed by atoms with E-state index in [1.165, 1.54) is 6.07 Å². The lowest BCUT2D eigenvalue weighted by atomic mass is 10.0. The Kier molecular flexibility index (Phi) is 13.4. The molecule has 9 atom stereocenters. The number of unbranched alkanes of at least 4 members (excludes halogenated alkanes) is 3. The first-order valence-electron chi connectivity index (χ1n) is 15.2. The van der Waals surface area contributed by atoms with Crippen LogP contribution < -0.4 is 27.4 Å². The summed E-state index contributed by atoms with van der Waals surface area (Å²) in [6.07, 6.45) is -1.48. The lowest BCUT2D eigenvalue weighted by molar-refractivity contribution is -0.135. The van der Waals surface area contributed by atoms with E-state index in [4.69, 9.17) is 10.5 Å². The van der Waals surface area contributed by atoms with Crippen molar-refractivity contribution < 1.29 is 61.6 Å². The molecule has 4 heterocycles.